The quantitative estimate of drug-likeness (QED) is 0.0207. The monoisotopic (exact) mass is 1110 g/mol. The smallest absolute Gasteiger partial charge is 0.349 e. The molecular weight excluding hydrogens is 1040 g/mol. The molecular formula is C64H72N2O15. The Bertz CT molecular complexity index is 2870. The van der Waals surface area contributed by atoms with E-state index in [1.54, 1.807) is 0 Å². The van der Waals surface area contributed by atoms with Crippen LogP contribution in [-0.2, 0) is 33.5 Å². The summed E-state index contributed by atoms with van der Waals surface area (Å²) in [6.07, 6.45) is -4.00. The van der Waals surface area contributed by atoms with Crippen LogP contribution in [0.5, 0.6) is 11.5 Å². The molecule has 0 aliphatic carbocycles. The number of carboxylic acids is 5. The molecule has 1 atom stereocenters. The Balaban J connectivity index is 0.000000262. The number of nitrogens with zero attached hydrogens (tertiary/aromatic N) is 2. The fraction of sp³-hybridized carbons (Fsp3) is 0.281. The summed E-state index contributed by atoms with van der Waals surface area (Å²) in [5, 5.41) is 53.5. The Hall–Kier alpha value is -8.90. The first kappa shape index (κ1) is 64.6. The maximum atomic E-state index is 11.7. The van der Waals surface area contributed by atoms with Gasteiger partial charge in [-0.1, -0.05) is 159 Å². The summed E-state index contributed by atoms with van der Waals surface area (Å²) in [6, 6.07) is 59.6. The number of carboxylic acid groups (broad SMARTS) is 5. The molecule has 6 rings (SSSR count). The molecule has 0 spiro atoms. The van der Waals surface area contributed by atoms with Crippen molar-refractivity contribution < 1.29 is 73.6 Å². The summed E-state index contributed by atoms with van der Waals surface area (Å²) >= 11 is 0. The summed E-state index contributed by atoms with van der Waals surface area (Å²) in [6.45, 7) is 7.65. The van der Waals surface area contributed by atoms with E-state index in [-0.39, 0.29) is 0 Å². The molecule has 0 aliphatic rings. The van der Waals surface area contributed by atoms with Gasteiger partial charge in [-0.15, -0.1) is 0 Å². The fourth-order valence-corrected chi connectivity index (χ4v) is 8.47. The standard InChI is InChI=1S/2C26H29NO.C12H14O13/c2*1-4-25(21-11-7-5-8-12-21)26(22-13-9-6-10-14-22)23-15-17-24(18-16-23)28-20-19-27(2)3;13-5(14)1-11(24,9(20)21)4-8(19)25-12(10(22)23,2-6(15)16)3-7(17)18/h2*5-18H,4,19-20H2,1-3H3;24H,1-4H2,(H,13,14)(H,15,16)(H,17,18)(H,20,21)(H,22,23)/b2*26-25-;. The highest BCUT2D eigenvalue weighted by Crippen LogP contribution is 2.37. The number of likely N-dealkylation sites (N-methyl/N-ethyl adjacent to an activating group) is 2. The van der Waals surface area contributed by atoms with Gasteiger partial charge in [0.25, 0.3) is 0 Å². The molecule has 0 amide bonds. The minimum atomic E-state index is -3.17. The highest BCUT2D eigenvalue weighted by molar-refractivity contribution is 6.00. The van der Waals surface area contributed by atoms with Gasteiger partial charge in [0.05, 0.1) is 25.7 Å². The minimum Gasteiger partial charge on any atom is -0.492 e. The molecule has 0 aliphatic heterocycles. The first-order valence-corrected chi connectivity index (χ1v) is 26.1. The van der Waals surface area contributed by atoms with Gasteiger partial charge in [-0.05, 0) is 121 Å². The lowest BCUT2D eigenvalue weighted by atomic mass is 9.88. The molecule has 6 N–H and O–H groups in total. The number of carbonyl (C=O) groups excluding carboxylic acids is 1. The van der Waals surface area contributed by atoms with E-state index in [1.165, 1.54) is 55.7 Å². The van der Waals surface area contributed by atoms with Crippen LogP contribution in [0.3, 0.4) is 0 Å². The fourth-order valence-electron chi connectivity index (χ4n) is 8.47. The second-order valence-corrected chi connectivity index (χ2v) is 19.2. The van der Waals surface area contributed by atoms with Crippen LogP contribution in [0.1, 0.15) is 85.8 Å². The summed E-state index contributed by atoms with van der Waals surface area (Å²) in [5.74, 6) is -9.74. The molecule has 6 aromatic rings. The van der Waals surface area contributed by atoms with E-state index in [1.807, 2.05) is 0 Å². The lowest BCUT2D eigenvalue weighted by molar-refractivity contribution is -0.191. The highest BCUT2D eigenvalue weighted by Gasteiger charge is 2.49. The van der Waals surface area contributed by atoms with Crippen molar-refractivity contribution in [3.05, 3.63) is 203 Å². The van der Waals surface area contributed by atoms with Gasteiger partial charge in [0, 0.05) is 13.1 Å². The molecule has 0 saturated carbocycles. The van der Waals surface area contributed by atoms with Crippen LogP contribution in [0.2, 0.25) is 0 Å². The predicted molar refractivity (Wildman–Crippen MR) is 310 cm³/mol. The predicted octanol–water partition coefficient (Wildman–Crippen LogP) is 9.98. The molecule has 17 nitrogen and oxygen atoms in total. The molecule has 0 fully saturated rings. The molecule has 0 bridgehead atoms. The normalized spacial score (nSPS) is 12.4. The number of hydrogen-bond acceptors (Lipinski definition) is 12. The van der Waals surface area contributed by atoms with E-state index in [0.717, 1.165) is 37.4 Å². The van der Waals surface area contributed by atoms with E-state index in [2.05, 4.69) is 226 Å². The van der Waals surface area contributed by atoms with Crippen molar-refractivity contribution in [2.75, 3.05) is 54.5 Å². The molecule has 0 aromatic heterocycles. The molecule has 17 heteroatoms. The van der Waals surface area contributed by atoms with Crippen LogP contribution < -0.4 is 9.47 Å². The Labute approximate surface area is 472 Å². The minimum absolute atomic E-state index is 0.692. The molecule has 428 valence electrons. The maximum Gasteiger partial charge on any atom is 0.349 e. The molecule has 0 saturated heterocycles. The van der Waals surface area contributed by atoms with Crippen LogP contribution in [0.15, 0.2) is 170 Å². The van der Waals surface area contributed by atoms with E-state index in [0.29, 0.717) is 13.2 Å². The van der Waals surface area contributed by atoms with Gasteiger partial charge in [-0.2, -0.15) is 0 Å². The number of ether oxygens (including phenoxy) is 3. The Kier molecular flexibility index (Phi) is 25.7. The number of allylic oxidation sites excluding steroid dienone is 2. The van der Waals surface area contributed by atoms with Crippen molar-refractivity contribution in [1.29, 1.82) is 0 Å². The summed E-state index contributed by atoms with van der Waals surface area (Å²) in [7, 11) is 8.22. The molecule has 1 unspecified atom stereocenters. The summed E-state index contributed by atoms with van der Waals surface area (Å²) < 4.78 is 16.1. The highest BCUT2D eigenvalue weighted by atomic mass is 16.6. The summed E-state index contributed by atoms with van der Waals surface area (Å²) in [5.41, 5.74) is 6.50. The third-order valence-corrected chi connectivity index (χ3v) is 12.4. The zero-order chi connectivity index (χ0) is 59.5. The maximum absolute atomic E-state index is 11.7. The zero-order valence-corrected chi connectivity index (χ0v) is 46.5. The van der Waals surface area contributed by atoms with Gasteiger partial charge < -0.3 is 54.6 Å². The Morgan fingerprint density at radius 2 is 0.716 bits per heavy atom. The molecule has 81 heavy (non-hydrogen) atoms. The van der Waals surface area contributed by atoms with Crippen molar-refractivity contribution in [3.8, 4) is 11.5 Å². The van der Waals surface area contributed by atoms with Crippen molar-refractivity contribution in [3.63, 3.8) is 0 Å². The average Bonchev–Trinajstić information content (AvgIpc) is 3.51. The number of benzene rings is 6. The number of carbonyl (C=O) groups is 6. The SMILES string of the molecule is CC/C(=C(\c1ccccc1)c1ccc(OCCN(C)C)cc1)c1ccccc1.CC/C(=C(\c1ccccc1)c1ccc(OCCN(C)C)cc1)c1ccccc1.O=C(O)CC(O)(CC(=O)OC(CC(=O)O)(CC(=O)O)C(=O)O)C(=O)O. The van der Waals surface area contributed by atoms with Crippen molar-refractivity contribution in [1.82, 2.24) is 9.80 Å². The van der Waals surface area contributed by atoms with Crippen molar-refractivity contribution in [2.45, 2.75) is 63.6 Å². The molecule has 0 heterocycles. The number of aliphatic hydroxyl groups is 1. The number of esters is 1. The third kappa shape index (κ3) is 20.7. The third-order valence-electron chi connectivity index (χ3n) is 12.4. The van der Waals surface area contributed by atoms with Crippen LogP contribution >= 0.6 is 0 Å². The Morgan fingerprint density at radius 3 is 0.988 bits per heavy atom. The topological polar surface area (TPSA) is 258 Å². The van der Waals surface area contributed by atoms with E-state index in [9.17, 15) is 33.9 Å². The average molecular weight is 1110 g/mol. The molecule has 6 aromatic carbocycles. The van der Waals surface area contributed by atoms with E-state index >= 15 is 0 Å². The Morgan fingerprint density at radius 1 is 0.407 bits per heavy atom. The van der Waals surface area contributed by atoms with Gasteiger partial charge in [-0.3, -0.25) is 19.2 Å². The second kappa shape index (κ2) is 32.2. The zero-order valence-electron chi connectivity index (χ0n) is 46.5. The van der Waals surface area contributed by atoms with Gasteiger partial charge in [-0.25, -0.2) is 9.59 Å². The van der Waals surface area contributed by atoms with Gasteiger partial charge in [0.15, 0.2) is 5.60 Å². The number of hydrogen-bond donors (Lipinski definition) is 6. The van der Waals surface area contributed by atoms with E-state index in [4.69, 9.17) is 35.0 Å². The second-order valence-electron chi connectivity index (χ2n) is 19.2. The first-order valence-electron chi connectivity index (χ1n) is 26.1. The largest absolute Gasteiger partial charge is 0.492 e. The lowest BCUT2D eigenvalue weighted by Gasteiger charge is -2.28. The van der Waals surface area contributed by atoms with Gasteiger partial charge >= 0.3 is 35.8 Å². The van der Waals surface area contributed by atoms with Crippen molar-refractivity contribution in [2.24, 2.45) is 0 Å². The first-order chi connectivity index (χ1) is 38.6. The van der Waals surface area contributed by atoms with Gasteiger partial charge in [0.2, 0.25) is 5.60 Å². The number of aliphatic carboxylic acids is 5. The van der Waals surface area contributed by atoms with E-state index < -0.39 is 72.7 Å². The van der Waals surface area contributed by atoms with Crippen LogP contribution in [0.4, 0.5) is 0 Å². The van der Waals surface area contributed by atoms with Crippen LogP contribution in [0.25, 0.3) is 22.3 Å². The summed E-state index contributed by atoms with van der Waals surface area (Å²) in [4.78, 5) is 70.2. The lowest BCUT2D eigenvalue weighted by Crippen LogP contribution is -2.49. The van der Waals surface area contributed by atoms with Gasteiger partial charge in [0.1, 0.15) is 24.7 Å². The van der Waals surface area contributed by atoms with Crippen LogP contribution in [0, 0.1) is 0 Å². The van der Waals surface area contributed by atoms with Crippen LogP contribution in [-0.4, -0.2) is 142 Å². The number of rotatable bonds is 27. The molecule has 0 radical (unpaired) electrons. The van der Waals surface area contributed by atoms with Crippen molar-refractivity contribution >= 4 is 58.1 Å².